The lowest BCUT2D eigenvalue weighted by Crippen LogP contribution is -2.18. The van der Waals surface area contributed by atoms with Crippen LogP contribution in [0.4, 0.5) is 5.69 Å². The molecule has 0 bridgehead atoms. The van der Waals surface area contributed by atoms with E-state index in [9.17, 15) is 10.1 Å². The first-order valence-electron chi connectivity index (χ1n) is 8.19. The number of benzene rings is 2. The van der Waals surface area contributed by atoms with E-state index in [0.29, 0.717) is 35.2 Å². The van der Waals surface area contributed by atoms with Crippen LogP contribution in [0.15, 0.2) is 54.2 Å². The second kappa shape index (κ2) is 10.1. The number of nitrogens with one attached hydrogen (secondary N) is 2. The number of hydrogen-bond donors (Lipinski definition) is 2. The van der Waals surface area contributed by atoms with E-state index < -0.39 is 5.91 Å². The molecule has 2 N–H and O–H groups in total. The van der Waals surface area contributed by atoms with Crippen LogP contribution in [0.3, 0.4) is 0 Å². The Labute approximate surface area is 163 Å². The first kappa shape index (κ1) is 20.1. The summed E-state index contributed by atoms with van der Waals surface area (Å²) in [4.78, 5) is 12.4. The molecule has 0 saturated heterocycles. The number of halogens is 1. The molecule has 0 radical (unpaired) electrons. The van der Waals surface area contributed by atoms with Gasteiger partial charge in [0.1, 0.15) is 23.1 Å². The number of nitrogens with zero attached hydrogens (tertiary/aromatic N) is 1. The van der Waals surface area contributed by atoms with Crippen molar-refractivity contribution in [2.24, 2.45) is 0 Å². The van der Waals surface area contributed by atoms with Crippen molar-refractivity contribution in [3.05, 3.63) is 64.8 Å². The van der Waals surface area contributed by atoms with Gasteiger partial charge in [-0.15, -0.1) is 0 Å². The molecule has 140 valence electrons. The summed E-state index contributed by atoms with van der Waals surface area (Å²) in [5, 5.41) is 15.6. The van der Waals surface area contributed by atoms with E-state index in [1.54, 1.807) is 18.2 Å². The van der Waals surface area contributed by atoms with Crippen LogP contribution in [0.25, 0.3) is 0 Å². The summed E-state index contributed by atoms with van der Waals surface area (Å²) in [5.41, 5.74) is 1.43. The second-order valence-electron chi connectivity index (χ2n) is 5.52. The molecule has 2 rings (SSSR count). The number of anilines is 1. The highest BCUT2D eigenvalue weighted by atomic mass is 35.5. The molecule has 27 heavy (non-hydrogen) atoms. The number of hydrogen-bond acceptors (Lipinski definition) is 5. The number of methoxy groups -OCH3 is 2. The standard InChI is InChI=1S/C20H20ClN3O3/c1-26-17-6-7-19(27-2)18(11-17)24-20(25)15(12-22)13-23-9-8-14-4-3-5-16(21)10-14/h3-7,10-11,13,23H,8-9H2,1-2H3,(H,24,25)/b15-13-. The monoisotopic (exact) mass is 385 g/mol. The number of nitriles is 1. The van der Waals surface area contributed by atoms with Crippen LogP contribution >= 0.6 is 11.6 Å². The van der Waals surface area contributed by atoms with E-state index in [-0.39, 0.29) is 5.57 Å². The van der Waals surface area contributed by atoms with E-state index in [1.165, 1.54) is 20.4 Å². The smallest absolute Gasteiger partial charge is 0.267 e. The molecular formula is C20H20ClN3O3. The van der Waals surface area contributed by atoms with Gasteiger partial charge >= 0.3 is 0 Å². The highest BCUT2D eigenvalue weighted by Gasteiger charge is 2.13. The van der Waals surface area contributed by atoms with Gasteiger partial charge in [-0.05, 0) is 36.2 Å². The fraction of sp³-hybridized carbons (Fsp3) is 0.200. The topological polar surface area (TPSA) is 83.4 Å². The third-order valence-electron chi connectivity index (χ3n) is 3.71. The Balaban J connectivity index is 1.99. The van der Waals surface area contributed by atoms with Crippen molar-refractivity contribution in [1.29, 1.82) is 5.26 Å². The highest BCUT2D eigenvalue weighted by Crippen LogP contribution is 2.29. The normalized spacial score (nSPS) is 10.7. The van der Waals surface area contributed by atoms with Crippen LogP contribution in [-0.2, 0) is 11.2 Å². The minimum atomic E-state index is -0.542. The molecule has 0 heterocycles. The molecule has 0 aliphatic rings. The number of carbonyl (C=O) groups excluding carboxylic acids is 1. The predicted octanol–water partition coefficient (Wildman–Crippen LogP) is 3.54. The molecule has 0 spiro atoms. The Morgan fingerprint density at radius 1 is 1.22 bits per heavy atom. The van der Waals surface area contributed by atoms with Crippen molar-refractivity contribution in [3.8, 4) is 17.6 Å². The Morgan fingerprint density at radius 3 is 2.70 bits per heavy atom. The van der Waals surface area contributed by atoms with Gasteiger partial charge in [0.15, 0.2) is 0 Å². The Kier molecular flexibility index (Phi) is 7.53. The molecule has 6 nitrogen and oxygen atoms in total. The van der Waals surface area contributed by atoms with Crippen molar-refractivity contribution < 1.29 is 14.3 Å². The van der Waals surface area contributed by atoms with Crippen LogP contribution in [0.5, 0.6) is 11.5 Å². The summed E-state index contributed by atoms with van der Waals surface area (Å²) in [6.45, 7) is 0.557. The average Bonchev–Trinajstić information content (AvgIpc) is 2.68. The Bertz CT molecular complexity index is 875. The number of amides is 1. The lowest BCUT2D eigenvalue weighted by atomic mass is 10.1. The van der Waals surface area contributed by atoms with Gasteiger partial charge in [-0.1, -0.05) is 23.7 Å². The first-order chi connectivity index (χ1) is 13.1. The van der Waals surface area contributed by atoms with E-state index in [1.807, 2.05) is 30.3 Å². The zero-order valence-electron chi connectivity index (χ0n) is 15.1. The first-order valence-corrected chi connectivity index (χ1v) is 8.56. The van der Waals surface area contributed by atoms with Gasteiger partial charge in [-0.25, -0.2) is 0 Å². The largest absolute Gasteiger partial charge is 0.497 e. The molecule has 0 aromatic heterocycles. The zero-order valence-corrected chi connectivity index (χ0v) is 15.8. The molecule has 2 aromatic carbocycles. The zero-order chi connectivity index (χ0) is 19.6. The minimum absolute atomic E-state index is 0.0500. The van der Waals surface area contributed by atoms with E-state index in [0.717, 1.165) is 5.56 Å². The maximum atomic E-state index is 12.4. The molecule has 7 heteroatoms. The average molecular weight is 386 g/mol. The van der Waals surface area contributed by atoms with Crippen molar-refractivity contribution in [3.63, 3.8) is 0 Å². The molecular weight excluding hydrogens is 366 g/mol. The number of ether oxygens (including phenoxy) is 2. The Hall–Kier alpha value is -3.17. The summed E-state index contributed by atoms with van der Waals surface area (Å²) >= 11 is 5.95. The predicted molar refractivity (Wildman–Crippen MR) is 105 cm³/mol. The van der Waals surface area contributed by atoms with Crippen LogP contribution in [0, 0.1) is 11.3 Å². The molecule has 0 fully saturated rings. The van der Waals surface area contributed by atoms with E-state index >= 15 is 0 Å². The van der Waals surface area contributed by atoms with Crippen LogP contribution in [0.1, 0.15) is 5.56 Å². The summed E-state index contributed by atoms with van der Waals surface area (Å²) in [6.07, 6.45) is 2.10. The van der Waals surface area contributed by atoms with Crippen molar-refractivity contribution in [1.82, 2.24) is 5.32 Å². The summed E-state index contributed by atoms with van der Waals surface area (Å²) < 4.78 is 10.4. The number of rotatable bonds is 8. The molecule has 0 aliphatic heterocycles. The highest BCUT2D eigenvalue weighted by molar-refractivity contribution is 6.30. The lowest BCUT2D eigenvalue weighted by molar-refractivity contribution is -0.112. The fourth-order valence-corrected chi connectivity index (χ4v) is 2.55. The summed E-state index contributed by atoms with van der Waals surface area (Å²) in [6, 6.07) is 14.4. The molecule has 0 saturated carbocycles. The van der Waals surface area contributed by atoms with Gasteiger partial charge in [0, 0.05) is 23.8 Å². The van der Waals surface area contributed by atoms with Gasteiger partial charge in [0.25, 0.3) is 5.91 Å². The van der Waals surface area contributed by atoms with Crippen molar-refractivity contribution >= 4 is 23.2 Å². The van der Waals surface area contributed by atoms with Crippen LogP contribution in [-0.4, -0.2) is 26.7 Å². The quantitative estimate of drug-likeness (QED) is 0.412. The van der Waals surface area contributed by atoms with Gasteiger partial charge in [0.2, 0.25) is 0 Å². The van der Waals surface area contributed by atoms with E-state index in [4.69, 9.17) is 21.1 Å². The van der Waals surface area contributed by atoms with Crippen LogP contribution < -0.4 is 20.1 Å². The van der Waals surface area contributed by atoms with Gasteiger partial charge in [-0.3, -0.25) is 4.79 Å². The molecule has 0 atom stereocenters. The maximum absolute atomic E-state index is 12.4. The van der Waals surface area contributed by atoms with E-state index in [2.05, 4.69) is 10.6 Å². The molecule has 0 unspecified atom stereocenters. The van der Waals surface area contributed by atoms with Crippen molar-refractivity contribution in [2.45, 2.75) is 6.42 Å². The summed E-state index contributed by atoms with van der Waals surface area (Å²) in [5.74, 6) is 0.489. The lowest BCUT2D eigenvalue weighted by Gasteiger charge is -2.11. The number of carbonyl (C=O) groups is 1. The minimum Gasteiger partial charge on any atom is -0.497 e. The van der Waals surface area contributed by atoms with Gasteiger partial charge in [0.05, 0.1) is 19.9 Å². The van der Waals surface area contributed by atoms with Crippen molar-refractivity contribution in [2.75, 3.05) is 26.1 Å². The maximum Gasteiger partial charge on any atom is 0.267 e. The SMILES string of the molecule is COc1ccc(OC)c(NC(=O)/C(C#N)=C\NCCc2cccc(Cl)c2)c1. The summed E-state index contributed by atoms with van der Waals surface area (Å²) in [7, 11) is 3.02. The molecule has 2 aromatic rings. The fourth-order valence-electron chi connectivity index (χ4n) is 2.33. The third-order valence-corrected chi connectivity index (χ3v) is 3.95. The Morgan fingerprint density at radius 2 is 2.04 bits per heavy atom. The van der Waals surface area contributed by atoms with Gasteiger partial charge < -0.3 is 20.1 Å². The molecule has 1 amide bonds. The van der Waals surface area contributed by atoms with Gasteiger partial charge in [-0.2, -0.15) is 5.26 Å². The second-order valence-corrected chi connectivity index (χ2v) is 5.96. The van der Waals surface area contributed by atoms with Crippen LogP contribution in [0.2, 0.25) is 5.02 Å². The third kappa shape index (κ3) is 5.94. The molecule has 0 aliphatic carbocycles.